The van der Waals surface area contributed by atoms with Crippen molar-refractivity contribution in [2.24, 2.45) is 0 Å². The number of hydrogen-bond donors (Lipinski definition) is 3. The third-order valence-corrected chi connectivity index (χ3v) is 5.86. The van der Waals surface area contributed by atoms with Crippen LogP contribution < -0.4 is 10.6 Å². The summed E-state index contributed by atoms with van der Waals surface area (Å²) in [4.78, 5) is 34.6. The number of imide groups is 1. The summed E-state index contributed by atoms with van der Waals surface area (Å²) >= 11 is 0. The molecule has 3 N–H and O–H groups in total. The van der Waals surface area contributed by atoms with Crippen LogP contribution in [0.25, 0.3) is 33.0 Å². The normalized spacial score (nSPS) is 13.7. The van der Waals surface area contributed by atoms with E-state index < -0.39 is 29.8 Å². The zero-order chi connectivity index (χ0) is 27.6. The van der Waals surface area contributed by atoms with Gasteiger partial charge in [0.1, 0.15) is 11.4 Å². The number of halogens is 4. The number of benzene rings is 2. The summed E-state index contributed by atoms with van der Waals surface area (Å²) in [6.45, 7) is 1.51. The molecule has 5 rings (SSSR count). The monoisotopic (exact) mass is 531 g/mol. The first kappa shape index (κ1) is 26.6. The molecular formula is C26H21F4N3O5. The first-order chi connectivity index (χ1) is 18.0. The quantitative estimate of drug-likeness (QED) is 0.194. The summed E-state index contributed by atoms with van der Waals surface area (Å²) in [5, 5.41) is 14.0. The average molecular weight is 531 g/mol. The van der Waals surface area contributed by atoms with E-state index in [2.05, 4.69) is 10.6 Å². The lowest BCUT2D eigenvalue weighted by molar-refractivity contribution is -0.192. The minimum atomic E-state index is -5.08. The van der Waals surface area contributed by atoms with Crippen LogP contribution >= 0.6 is 0 Å². The molecule has 38 heavy (non-hydrogen) atoms. The van der Waals surface area contributed by atoms with Crippen molar-refractivity contribution >= 4 is 50.8 Å². The smallest absolute Gasteiger partial charge is 0.475 e. The van der Waals surface area contributed by atoms with Gasteiger partial charge in [-0.05, 0) is 44.3 Å². The topological polar surface area (TPSA) is 114 Å². The molecular weight excluding hydrogens is 510 g/mol. The molecule has 1 aliphatic rings. The van der Waals surface area contributed by atoms with Crippen molar-refractivity contribution < 1.29 is 41.5 Å². The van der Waals surface area contributed by atoms with E-state index in [0.29, 0.717) is 28.6 Å². The number of fused-ring (bicyclic) bond motifs is 2. The second-order valence-electron chi connectivity index (χ2n) is 8.34. The van der Waals surface area contributed by atoms with Gasteiger partial charge in [-0.3, -0.25) is 14.9 Å². The molecule has 0 atom stereocenters. The zero-order valence-corrected chi connectivity index (χ0v) is 19.9. The highest BCUT2D eigenvalue weighted by atomic mass is 19.4. The Balaban J connectivity index is 0.000000426. The standard InChI is InChI=1S/C24H20FN3O3.C2HF3O2/c1-26-9-4-10-28-12-17(16-11-14(25)7-8-19(16)28)21-22(24(30)27-23(21)29)18-13-31-20-6-3-2-5-15(18)20;3-2(4,5)1(6)7/h2-3,5-8,11-13,26H,4,9-10H2,1H3,(H,27,29,30);(H,6,7). The maximum absolute atomic E-state index is 14.2. The Kier molecular flexibility index (Phi) is 7.35. The van der Waals surface area contributed by atoms with Gasteiger partial charge in [0.2, 0.25) is 0 Å². The SMILES string of the molecule is CNCCCn1cc(C2=C(c3coc4ccccc34)C(=O)NC2=O)c2cc(F)ccc21.O=C(O)C(F)(F)F. The average Bonchev–Trinajstić information content (AvgIpc) is 3.51. The van der Waals surface area contributed by atoms with E-state index in [1.54, 1.807) is 12.1 Å². The second-order valence-corrected chi connectivity index (χ2v) is 8.34. The summed E-state index contributed by atoms with van der Waals surface area (Å²) in [5.41, 5.74) is 2.98. The molecule has 0 fully saturated rings. The fourth-order valence-corrected chi connectivity index (χ4v) is 4.22. The maximum Gasteiger partial charge on any atom is 0.490 e. The third kappa shape index (κ3) is 5.16. The zero-order valence-electron chi connectivity index (χ0n) is 19.9. The minimum Gasteiger partial charge on any atom is -0.475 e. The maximum atomic E-state index is 14.2. The van der Waals surface area contributed by atoms with Crippen LogP contribution in [0.1, 0.15) is 17.5 Å². The van der Waals surface area contributed by atoms with Gasteiger partial charge in [0.15, 0.2) is 0 Å². The Morgan fingerprint density at radius 2 is 1.71 bits per heavy atom. The molecule has 0 unspecified atom stereocenters. The number of carboxylic acid groups (broad SMARTS) is 1. The highest BCUT2D eigenvalue weighted by molar-refractivity contribution is 6.50. The summed E-state index contributed by atoms with van der Waals surface area (Å²) in [5.74, 6) is -4.14. The van der Waals surface area contributed by atoms with E-state index in [9.17, 15) is 27.2 Å². The lowest BCUT2D eigenvalue weighted by Gasteiger charge is -2.04. The first-order valence-corrected chi connectivity index (χ1v) is 11.3. The molecule has 1 aliphatic heterocycles. The van der Waals surface area contributed by atoms with Gasteiger partial charge in [0.25, 0.3) is 11.8 Å². The first-order valence-electron chi connectivity index (χ1n) is 11.3. The van der Waals surface area contributed by atoms with Crippen LogP contribution in [-0.2, 0) is 20.9 Å². The number of furan rings is 1. The van der Waals surface area contributed by atoms with Crippen molar-refractivity contribution in [3.05, 3.63) is 71.9 Å². The third-order valence-electron chi connectivity index (χ3n) is 5.86. The molecule has 0 bridgehead atoms. The molecule has 3 heterocycles. The second kappa shape index (κ2) is 10.5. The number of alkyl halides is 3. The van der Waals surface area contributed by atoms with Crippen LogP contribution in [0.5, 0.6) is 0 Å². The van der Waals surface area contributed by atoms with Crippen LogP contribution in [0.15, 0.2) is 59.3 Å². The molecule has 12 heteroatoms. The van der Waals surface area contributed by atoms with Crippen LogP contribution in [0.2, 0.25) is 0 Å². The van der Waals surface area contributed by atoms with Crippen LogP contribution in [-0.4, -0.2) is 47.2 Å². The van der Waals surface area contributed by atoms with Crippen LogP contribution in [0.3, 0.4) is 0 Å². The van der Waals surface area contributed by atoms with Crippen LogP contribution in [0, 0.1) is 5.82 Å². The van der Waals surface area contributed by atoms with Gasteiger partial charge in [-0.15, -0.1) is 0 Å². The number of hydrogen-bond acceptors (Lipinski definition) is 5. The molecule has 4 aromatic rings. The Bertz CT molecular complexity index is 1580. The Labute approximate surface area is 212 Å². The number of aromatic nitrogens is 1. The number of amides is 2. The van der Waals surface area contributed by atoms with Crippen molar-refractivity contribution in [2.75, 3.05) is 13.6 Å². The molecule has 0 aliphatic carbocycles. The van der Waals surface area contributed by atoms with E-state index in [-0.39, 0.29) is 11.1 Å². The minimum absolute atomic E-state index is 0.236. The van der Waals surface area contributed by atoms with Crippen molar-refractivity contribution in [1.82, 2.24) is 15.2 Å². The number of para-hydroxylation sites is 1. The van der Waals surface area contributed by atoms with Gasteiger partial charge in [-0.1, -0.05) is 18.2 Å². The van der Waals surface area contributed by atoms with Gasteiger partial charge in [-0.25, -0.2) is 9.18 Å². The van der Waals surface area contributed by atoms with Crippen molar-refractivity contribution in [1.29, 1.82) is 0 Å². The number of rotatable bonds is 6. The summed E-state index contributed by atoms with van der Waals surface area (Å²) in [6.07, 6.45) is -0.902. The number of nitrogens with one attached hydrogen (secondary N) is 2. The number of aryl methyl sites for hydroxylation is 1. The predicted octanol–water partition coefficient (Wildman–Crippen LogP) is 4.34. The van der Waals surface area contributed by atoms with E-state index in [4.69, 9.17) is 14.3 Å². The molecule has 8 nitrogen and oxygen atoms in total. The van der Waals surface area contributed by atoms with E-state index >= 15 is 0 Å². The molecule has 2 amide bonds. The molecule has 0 saturated carbocycles. The van der Waals surface area contributed by atoms with E-state index in [1.165, 1.54) is 18.4 Å². The van der Waals surface area contributed by atoms with E-state index in [0.717, 1.165) is 23.9 Å². The summed E-state index contributed by atoms with van der Waals surface area (Å²) in [6, 6.07) is 11.8. The molecule has 0 spiro atoms. The largest absolute Gasteiger partial charge is 0.490 e. The lowest BCUT2D eigenvalue weighted by Crippen LogP contribution is -2.22. The van der Waals surface area contributed by atoms with Crippen molar-refractivity contribution in [3.8, 4) is 0 Å². The molecule has 198 valence electrons. The van der Waals surface area contributed by atoms with E-state index in [1.807, 2.05) is 36.0 Å². The van der Waals surface area contributed by atoms with Gasteiger partial charge in [0, 0.05) is 40.2 Å². The predicted molar refractivity (Wildman–Crippen MR) is 130 cm³/mol. The number of carbonyl (C=O) groups excluding carboxylic acids is 2. The Hall–Kier alpha value is -4.45. The highest BCUT2D eigenvalue weighted by Gasteiger charge is 2.38. The van der Waals surface area contributed by atoms with Gasteiger partial charge in [-0.2, -0.15) is 13.2 Å². The number of carboxylic acids is 1. The number of aliphatic carboxylic acids is 1. The Morgan fingerprint density at radius 1 is 1.05 bits per heavy atom. The lowest BCUT2D eigenvalue weighted by atomic mass is 9.95. The van der Waals surface area contributed by atoms with Crippen LogP contribution in [0.4, 0.5) is 17.6 Å². The summed E-state index contributed by atoms with van der Waals surface area (Å²) in [7, 11) is 1.88. The Morgan fingerprint density at radius 3 is 2.37 bits per heavy atom. The van der Waals surface area contributed by atoms with Gasteiger partial charge in [0.05, 0.1) is 17.4 Å². The van der Waals surface area contributed by atoms with Gasteiger partial charge < -0.3 is 19.4 Å². The molecule has 0 radical (unpaired) electrons. The highest BCUT2D eigenvalue weighted by Crippen LogP contribution is 2.39. The molecule has 2 aromatic carbocycles. The van der Waals surface area contributed by atoms with Crippen molar-refractivity contribution in [3.63, 3.8) is 0 Å². The van der Waals surface area contributed by atoms with Gasteiger partial charge >= 0.3 is 12.1 Å². The fraction of sp³-hybridized carbons (Fsp3) is 0.192. The number of carbonyl (C=O) groups is 3. The fourth-order valence-electron chi connectivity index (χ4n) is 4.22. The molecule has 0 saturated heterocycles. The number of nitrogens with zero attached hydrogens (tertiary/aromatic N) is 1. The summed E-state index contributed by atoms with van der Waals surface area (Å²) < 4.78 is 53.5. The molecule has 2 aromatic heterocycles. The van der Waals surface area contributed by atoms with Crippen molar-refractivity contribution in [2.45, 2.75) is 19.1 Å².